The van der Waals surface area contributed by atoms with Gasteiger partial charge in [0.15, 0.2) is 0 Å². The van der Waals surface area contributed by atoms with Crippen LogP contribution in [0.1, 0.15) is 36.4 Å². The lowest BCUT2D eigenvalue weighted by Crippen LogP contribution is -2.32. The smallest absolute Gasteiger partial charge is 0.0610 e. The molecule has 0 radical (unpaired) electrons. The van der Waals surface area contributed by atoms with Gasteiger partial charge >= 0.3 is 0 Å². The molecule has 3 nitrogen and oxygen atoms in total. The number of rotatable bonds is 5. The molecule has 4 rings (SSSR count). The number of nitrogens with zero attached hydrogens (tertiary/aromatic N) is 2. The molecule has 1 aliphatic heterocycles. The molecule has 1 saturated heterocycles. The van der Waals surface area contributed by atoms with Crippen LogP contribution in [0.15, 0.2) is 60.8 Å². The van der Waals surface area contributed by atoms with Crippen LogP contribution in [0.25, 0.3) is 10.9 Å². The standard InChI is InChI=1S/C22H26N2O/c25-16-15-23-14-12-20-19(9-6-11-22(20)23)17-24-13-5-4-10-21(24)18-7-2-1-3-8-18/h1-3,6-9,11-12,14,21,25H,4-5,10,13,15-17H2. The fourth-order valence-corrected chi connectivity index (χ4v) is 4.18. The van der Waals surface area contributed by atoms with Crippen molar-refractivity contribution in [3.8, 4) is 0 Å². The van der Waals surface area contributed by atoms with E-state index in [9.17, 15) is 5.11 Å². The van der Waals surface area contributed by atoms with Gasteiger partial charge in [0, 0.05) is 36.2 Å². The second-order valence-electron chi connectivity index (χ2n) is 6.98. The normalized spacial score (nSPS) is 18.7. The van der Waals surface area contributed by atoms with E-state index < -0.39 is 0 Å². The Morgan fingerprint density at radius 2 is 1.84 bits per heavy atom. The number of fused-ring (bicyclic) bond motifs is 1. The van der Waals surface area contributed by atoms with Gasteiger partial charge < -0.3 is 9.67 Å². The van der Waals surface area contributed by atoms with Crippen molar-refractivity contribution < 1.29 is 5.11 Å². The Labute approximate surface area is 149 Å². The maximum absolute atomic E-state index is 9.26. The van der Waals surface area contributed by atoms with Crippen LogP contribution in [0.3, 0.4) is 0 Å². The number of piperidine rings is 1. The van der Waals surface area contributed by atoms with Crippen LogP contribution in [-0.2, 0) is 13.1 Å². The molecule has 130 valence electrons. The van der Waals surface area contributed by atoms with Gasteiger partial charge in [0.1, 0.15) is 0 Å². The van der Waals surface area contributed by atoms with Crippen molar-refractivity contribution in [2.24, 2.45) is 0 Å². The van der Waals surface area contributed by atoms with E-state index in [2.05, 4.69) is 70.3 Å². The molecule has 0 bridgehead atoms. The van der Waals surface area contributed by atoms with Crippen molar-refractivity contribution in [1.82, 2.24) is 9.47 Å². The highest BCUT2D eigenvalue weighted by Gasteiger charge is 2.24. The zero-order chi connectivity index (χ0) is 17.1. The molecule has 0 saturated carbocycles. The van der Waals surface area contributed by atoms with Gasteiger partial charge in [-0.2, -0.15) is 0 Å². The van der Waals surface area contributed by atoms with E-state index in [4.69, 9.17) is 0 Å². The summed E-state index contributed by atoms with van der Waals surface area (Å²) in [5.74, 6) is 0. The van der Waals surface area contributed by atoms with Crippen LogP contribution in [0.4, 0.5) is 0 Å². The minimum Gasteiger partial charge on any atom is -0.395 e. The topological polar surface area (TPSA) is 28.4 Å². The highest BCUT2D eigenvalue weighted by Crippen LogP contribution is 2.33. The summed E-state index contributed by atoms with van der Waals surface area (Å²) in [6, 6.07) is 20.2. The third-order valence-electron chi connectivity index (χ3n) is 5.42. The molecule has 1 N–H and O–H groups in total. The number of aromatic nitrogens is 1. The number of likely N-dealkylation sites (tertiary alicyclic amines) is 1. The number of aliphatic hydroxyl groups excluding tert-OH is 1. The fourth-order valence-electron chi connectivity index (χ4n) is 4.18. The van der Waals surface area contributed by atoms with Crippen molar-refractivity contribution in [1.29, 1.82) is 0 Å². The molecule has 0 spiro atoms. The molecule has 1 atom stereocenters. The van der Waals surface area contributed by atoms with E-state index in [0.717, 1.165) is 13.1 Å². The van der Waals surface area contributed by atoms with Gasteiger partial charge in [-0.3, -0.25) is 4.90 Å². The first-order valence-corrected chi connectivity index (χ1v) is 9.33. The Bertz CT molecular complexity index is 824. The fraction of sp³-hybridized carbons (Fsp3) is 0.364. The molecule has 0 aliphatic carbocycles. The second-order valence-corrected chi connectivity index (χ2v) is 6.98. The Morgan fingerprint density at radius 3 is 2.68 bits per heavy atom. The van der Waals surface area contributed by atoms with E-state index in [1.165, 1.54) is 41.3 Å². The Kier molecular flexibility index (Phi) is 4.86. The number of benzene rings is 2. The lowest BCUT2D eigenvalue weighted by molar-refractivity contribution is 0.141. The zero-order valence-corrected chi connectivity index (χ0v) is 14.6. The van der Waals surface area contributed by atoms with Crippen molar-refractivity contribution in [2.45, 2.75) is 38.4 Å². The van der Waals surface area contributed by atoms with E-state index in [1.54, 1.807) is 0 Å². The molecular weight excluding hydrogens is 308 g/mol. The lowest BCUT2D eigenvalue weighted by Gasteiger charge is -2.36. The average molecular weight is 334 g/mol. The monoisotopic (exact) mass is 334 g/mol. The molecular formula is C22H26N2O. The van der Waals surface area contributed by atoms with Gasteiger partial charge in [0.2, 0.25) is 0 Å². The molecule has 3 aromatic rings. The Morgan fingerprint density at radius 1 is 0.960 bits per heavy atom. The van der Waals surface area contributed by atoms with Gasteiger partial charge in [0.05, 0.1) is 6.61 Å². The van der Waals surface area contributed by atoms with Crippen molar-refractivity contribution >= 4 is 10.9 Å². The predicted octanol–water partition coefficient (Wildman–Crippen LogP) is 4.36. The molecule has 1 unspecified atom stereocenters. The van der Waals surface area contributed by atoms with Crippen molar-refractivity contribution in [2.75, 3.05) is 13.2 Å². The van der Waals surface area contributed by atoms with Crippen LogP contribution < -0.4 is 0 Å². The minimum atomic E-state index is 0.177. The van der Waals surface area contributed by atoms with Gasteiger partial charge in [0.25, 0.3) is 0 Å². The van der Waals surface area contributed by atoms with Crippen LogP contribution >= 0.6 is 0 Å². The van der Waals surface area contributed by atoms with E-state index >= 15 is 0 Å². The SMILES string of the molecule is OCCn1ccc2c(CN3CCCCC3c3ccccc3)cccc21. The number of hydrogen-bond acceptors (Lipinski definition) is 2. The Balaban J connectivity index is 1.63. The van der Waals surface area contributed by atoms with Crippen LogP contribution in [0.2, 0.25) is 0 Å². The highest BCUT2D eigenvalue weighted by atomic mass is 16.3. The zero-order valence-electron chi connectivity index (χ0n) is 14.6. The first kappa shape index (κ1) is 16.4. The molecule has 3 heteroatoms. The van der Waals surface area contributed by atoms with Gasteiger partial charge in [-0.1, -0.05) is 48.9 Å². The number of hydrogen-bond donors (Lipinski definition) is 1. The largest absolute Gasteiger partial charge is 0.395 e. The summed E-state index contributed by atoms with van der Waals surface area (Å²) in [6.45, 7) is 2.98. The number of aliphatic hydroxyl groups is 1. The molecule has 1 fully saturated rings. The minimum absolute atomic E-state index is 0.177. The summed E-state index contributed by atoms with van der Waals surface area (Å²) in [7, 11) is 0. The molecule has 2 heterocycles. The van der Waals surface area contributed by atoms with Gasteiger partial charge in [-0.15, -0.1) is 0 Å². The van der Waals surface area contributed by atoms with Gasteiger partial charge in [-0.25, -0.2) is 0 Å². The average Bonchev–Trinajstić information content (AvgIpc) is 3.07. The van der Waals surface area contributed by atoms with Crippen LogP contribution in [-0.4, -0.2) is 27.7 Å². The maximum atomic E-state index is 9.26. The first-order chi connectivity index (χ1) is 12.4. The van der Waals surface area contributed by atoms with Gasteiger partial charge in [-0.05, 0) is 42.6 Å². The van der Waals surface area contributed by atoms with E-state index in [1.807, 2.05) is 0 Å². The first-order valence-electron chi connectivity index (χ1n) is 9.33. The third kappa shape index (κ3) is 3.35. The van der Waals surface area contributed by atoms with E-state index in [-0.39, 0.29) is 6.61 Å². The molecule has 25 heavy (non-hydrogen) atoms. The summed E-state index contributed by atoms with van der Waals surface area (Å²) < 4.78 is 2.14. The second kappa shape index (κ2) is 7.42. The van der Waals surface area contributed by atoms with Crippen LogP contribution in [0, 0.1) is 0 Å². The maximum Gasteiger partial charge on any atom is 0.0610 e. The Hall–Kier alpha value is -2.10. The summed E-state index contributed by atoms with van der Waals surface area (Å²) in [4.78, 5) is 2.64. The summed E-state index contributed by atoms with van der Waals surface area (Å²) >= 11 is 0. The quantitative estimate of drug-likeness (QED) is 0.751. The summed E-state index contributed by atoms with van der Waals surface area (Å²) in [5.41, 5.74) is 4.05. The molecule has 1 aromatic heterocycles. The summed E-state index contributed by atoms with van der Waals surface area (Å²) in [6.07, 6.45) is 5.93. The highest BCUT2D eigenvalue weighted by molar-refractivity contribution is 5.83. The molecule has 1 aliphatic rings. The van der Waals surface area contributed by atoms with Crippen molar-refractivity contribution in [3.63, 3.8) is 0 Å². The summed E-state index contributed by atoms with van der Waals surface area (Å²) in [5, 5.41) is 10.6. The molecule has 2 aromatic carbocycles. The van der Waals surface area contributed by atoms with Crippen LogP contribution in [0.5, 0.6) is 0 Å². The third-order valence-corrected chi connectivity index (χ3v) is 5.42. The van der Waals surface area contributed by atoms with Crippen molar-refractivity contribution in [3.05, 3.63) is 71.9 Å². The van der Waals surface area contributed by atoms with E-state index in [0.29, 0.717) is 12.6 Å². The predicted molar refractivity (Wildman–Crippen MR) is 102 cm³/mol. The molecule has 0 amide bonds. The lowest BCUT2D eigenvalue weighted by atomic mass is 9.94.